The number of benzene rings is 1. The highest BCUT2D eigenvalue weighted by molar-refractivity contribution is 5.96. The summed E-state index contributed by atoms with van der Waals surface area (Å²) in [7, 11) is 1.66. The number of aliphatic hydroxyl groups is 1. The van der Waals surface area contributed by atoms with Crippen molar-refractivity contribution < 1.29 is 33.7 Å². The van der Waals surface area contributed by atoms with Gasteiger partial charge in [-0.1, -0.05) is 53.2 Å². The largest absolute Gasteiger partial charge is 0.493 e. The van der Waals surface area contributed by atoms with Crippen LogP contribution < -0.4 is 20.7 Å². The lowest BCUT2D eigenvalue weighted by molar-refractivity contribution is -0.127. The van der Waals surface area contributed by atoms with Crippen LogP contribution in [-0.2, 0) is 14.3 Å². The highest BCUT2D eigenvalue weighted by Crippen LogP contribution is 2.25. The monoisotopic (exact) mass is 635 g/mol. The Morgan fingerprint density at radius 1 is 0.911 bits per heavy atom. The minimum atomic E-state index is -1.01. The van der Waals surface area contributed by atoms with Gasteiger partial charge in [-0.05, 0) is 82.8 Å². The number of para-hydroxylation sites is 1. The van der Waals surface area contributed by atoms with E-state index in [0.29, 0.717) is 44.0 Å². The van der Waals surface area contributed by atoms with Crippen LogP contribution in [0.4, 0.5) is 4.79 Å². The summed E-state index contributed by atoms with van der Waals surface area (Å²) in [6.45, 7) is 17.5. The second-order valence-electron chi connectivity index (χ2n) is 13.5. The summed E-state index contributed by atoms with van der Waals surface area (Å²) in [5.74, 6) is -0.249. The number of carbonyl (C=O) groups is 3. The van der Waals surface area contributed by atoms with Crippen molar-refractivity contribution >= 4 is 17.9 Å². The standard InChI is InChI=1S/C35H61N3O7/c1-10-11-18-36-33(41)28(25(4)5)22-30(39)29(38-34(42)45-35(6,7)8)21-26(24(2)3)23-37-32(40)27-16-12-13-17-31(27)44-20-15-14-19-43-9/h12-13,16-17,24-26,28-30,39H,10-11,14-15,18-23H2,1-9H3,(H,36,41)(H,37,40)(H,38,42). The fourth-order valence-corrected chi connectivity index (χ4v) is 4.94. The molecule has 1 aromatic carbocycles. The topological polar surface area (TPSA) is 135 Å². The normalized spacial score (nSPS) is 14.4. The molecule has 4 N–H and O–H groups in total. The predicted molar refractivity (Wildman–Crippen MR) is 178 cm³/mol. The van der Waals surface area contributed by atoms with E-state index in [4.69, 9.17) is 14.2 Å². The number of ether oxygens (including phenoxy) is 3. The van der Waals surface area contributed by atoms with Gasteiger partial charge in [0.15, 0.2) is 0 Å². The summed E-state index contributed by atoms with van der Waals surface area (Å²) in [5.41, 5.74) is -0.270. The summed E-state index contributed by atoms with van der Waals surface area (Å²) in [5, 5.41) is 20.4. The average Bonchev–Trinajstić information content (AvgIpc) is 2.95. The first-order valence-corrected chi connectivity index (χ1v) is 16.6. The van der Waals surface area contributed by atoms with Crippen LogP contribution in [0, 0.1) is 23.7 Å². The van der Waals surface area contributed by atoms with E-state index in [2.05, 4.69) is 22.9 Å². The molecule has 0 aliphatic carbocycles. The van der Waals surface area contributed by atoms with Gasteiger partial charge in [-0.15, -0.1) is 0 Å². The van der Waals surface area contributed by atoms with E-state index in [1.165, 1.54) is 0 Å². The molecule has 1 rings (SSSR count). The van der Waals surface area contributed by atoms with Gasteiger partial charge >= 0.3 is 6.09 Å². The number of rotatable bonds is 21. The van der Waals surface area contributed by atoms with Gasteiger partial charge in [-0.3, -0.25) is 9.59 Å². The van der Waals surface area contributed by atoms with Gasteiger partial charge < -0.3 is 35.3 Å². The van der Waals surface area contributed by atoms with Gasteiger partial charge in [0.2, 0.25) is 5.91 Å². The zero-order chi connectivity index (χ0) is 34.0. The molecule has 0 bridgehead atoms. The predicted octanol–water partition coefficient (Wildman–Crippen LogP) is 5.72. The summed E-state index contributed by atoms with van der Waals surface area (Å²) in [4.78, 5) is 39.2. The van der Waals surface area contributed by atoms with Crippen LogP contribution in [0.1, 0.15) is 104 Å². The fourth-order valence-electron chi connectivity index (χ4n) is 4.94. The second kappa shape index (κ2) is 21.0. The summed E-state index contributed by atoms with van der Waals surface area (Å²) >= 11 is 0. The maximum absolute atomic E-state index is 13.3. The van der Waals surface area contributed by atoms with E-state index in [1.807, 2.05) is 33.8 Å². The van der Waals surface area contributed by atoms with E-state index >= 15 is 0 Å². The van der Waals surface area contributed by atoms with Crippen molar-refractivity contribution in [1.29, 1.82) is 0 Å². The van der Waals surface area contributed by atoms with Gasteiger partial charge in [-0.2, -0.15) is 0 Å². The molecular formula is C35H61N3O7. The highest BCUT2D eigenvalue weighted by atomic mass is 16.6. The molecule has 0 aromatic heterocycles. The smallest absolute Gasteiger partial charge is 0.407 e. The Kier molecular flexibility index (Phi) is 18.8. The van der Waals surface area contributed by atoms with Crippen molar-refractivity contribution in [2.45, 2.75) is 112 Å². The molecule has 1 aromatic rings. The van der Waals surface area contributed by atoms with Crippen LogP contribution in [0.5, 0.6) is 5.75 Å². The number of nitrogens with one attached hydrogen (secondary N) is 3. The molecule has 0 fully saturated rings. The number of methoxy groups -OCH3 is 1. The molecule has 10 heteroatoms. The van der Waals surface area contributed by atoms with Gasteiger partial charge in [0.05, 0.1) is 24.3 Å². The number of carbonyl (C=O) groups excluding carboxylic acids is 3. The molecule has 0 saturated carbocycles. The zero-order valence-corrected chi connectivity index (χ0v) is 29.2. The Bertz CT molecular complexity index is 1010. The Hall–Kier alpha value is -2.85. The van der Waals surface area contributed by atoms with Gasteiger partial charge in [0, 0.05) is 32.7 Å². The number of hydrogen-bond acceptors (Lipinski definition) is 7. The third-order valence-electron chi connectivity index (χ3n) is 7.79. The number of unbranched alkanes of at least 4 members (excludes halogenated alkanes) is 2. The number of aliphatic hydroxyl groups excluding tert-OH is 1. The van der Waals surface area contributed by atoms with Crippen LogP contribution in [0.25, 0.3) is 0 Å². The molecule has 0 spiro atoms. The zero-order valence-electron chi connectivity index (χ0n) is 29.2. The van der Waals surface area contributed by atoms with E-state index < -0.39 is 29.8 Å². The molecule has 0 heterocycles. The van der Waals surface area contributed by atoms with Crippen molar-refractivity contribution in [2.75, 3.05) is 33.4 Å². The van der Waals surface area contributed by atoms with Crippen molar-refractivity contribution in [3.63, 3.8) is 0 Å². The molecule has 0 saturated heterocycles. The third kappa shape index (κ3) is 16.3. The van der Waals surface area contributed by atoms with Crippen molar-refractivity contribution in [2.24, 2.45) is 23.7 Å². The molecule has 0 aliphatic heterocycles. The Balaban J connectivity index is 3.07. The Labute approximate surface area is 271 Å². The highest BCUT2D eigenvalue weighted by Gasteiger charge is 2.33. The van der Waals surface area contributed by atoms with Gasteiger partial charge in [0.25, 0.3) is 5.91 Å². The fraction of sp³-hybridized carbons (Fsp3) is 0.743. The number of amides is 3. The Morgan fingerprint density at radius 2 is 1.58 bits per heavy atom. The van der Waals surface area contributed by atoms with Gasteiger partial charge in [-0.25, -0.2) is 4.79 Å². The van der Waals surface area contributed by atoms with Crippen LogP contribution in [0.2, 0.25) is 0 Å². The molecule has 258 valence electrons. The summed E-state index contributed by atoms with van der Waals surface area (Å²) in [6, 6.07) is 6.45. The maximum Gasteiger partial charge on any atom is 0.407 e. The molecule has 0 aliphatic rings. The summed E-state index contributed by atoms with van der Waals surface area (Å²) in [6.07, 6.45) is 2.44. The van der Waals surface area contributed by atoms with Crippen molar-refractivity contribution in [3.8, 4) is 5.75 Å². The minimum absolute atomic E-state index is 0.00842. The summed E-state index contributed by atoms with van der Waals surface area (Å²) < 4.78 is 16.5. The number of hydrogen-bond donors (Lipinski definition) is 4. The number of alkyl carbamates (subject to hydrolysis) is 1. The van der Waals surface area contributed by atoms with E-state index in [1.54, 1.807) is 46.1 Å². The molecule has 3 amide bonds. The first-order chi connectivity index (χ1) is 21.2. The lowest BCUT2D eigenvalue weighted by Crippen LogP contribution is -2.49. The quantitative estimate of drug-likeness (QED) is 0.127. The lowest BCUT2D eigenvalue weighted by Gasteiger charge is -2.33. The van der Waals surface area contributed by atoms with Crippen LogP contribution in [-0.4, -0.2) is 74.2 Å². The third-order valence-corrected chi connectivity index (χ3v) is 7.79. The molecule has 4 unspecified atom stereocenters. The van der Waals surface area contributed by atoms with Crippen LogP contribution in [0.15, 0.2) is 24.3 Å². The first-order valence-electron chi connectivity index (χ1n) is 16.6. The van der Waals surface area contributed by atoms with Crippen molar-refractivity contribution in [1.82, 2.24) is 16.0 Å². The van der Waals surface area contributed by atoms with E-state index in [9.17, 15) is 19.5 Å². The first kappa shape index (κ1) is 40.2. The SMILES string of the molecule is CCCCNC(=O)C(CC(O)C(CC(CNC(=O)c1ccccc1OCCCCOC)C(C)C)NC(=O)OC(C)(C)C)C(C)C. The molecule has 0 radical (unpaired) electrons. The molecular weight excluding hydrogens is 574 g/mol. The van der Waals surface area contributed by atoms with Crippen molar-refractivity contribution in [3.05, 3.63) is 29.8 Å². The Morgan fingerprint density at radius 3 is 2.18 bits per heavy atom. The van der Waals surface area contributed by atoms with Crippen LogP contribution >= 0.6 is 0 Å². The molecule has 4 atom stereocenters. The molecule has 45 heavy (non-hydrogen) atoms. The second-order valence-corrected chi connectivity index (χ2v) is 13.5. The lowest BCUT2D eigenvalue weighted by atomic mass is 9.82. The van der Waals surface area contributed by atoms with E-state index in [0.717, 1.165) is 25.7 Å². The van der Waals surface area contributed by atoms with Crippen LogP contribution in [0.3, 0.4) is 0 Å². The molecule has 10 nitrogen and oxygen atoms in total. The maximum atomic E-state index is 13.3. The average molecular weight is 636 g/mol. The van der Waals surface area contributed by atoms with Gasteiger partial charge in [0.1, 0.15) is 11.4 Å². The van der Waals surface area contributed by atoms with E-state index in [-0.39, 0.29) is 36.0 Å². The minimum Gasteiger partial charge on any atom is -0.493 e.